The Morgan fingerprint density at radius 3 is 1.69 bits per heavy atom. The minimum atomic E-state index is -0.541. The number of para-hydroxylation sites is 4. The van der Waals surface area contributed by atoms with Gasteiger partial charge in [0, 0.05) is 48.0 Å². The zero-order valence-corrected chi connectivity index (χ0v) is 34.8. The summed E-state index contributed by atoms with van der Waals surface area (Å²) < 4.78 is 92.2. The number of hydrogen-bond donors (Lipinski definition) is 0. The van der Waals surface area contributed by atoms with Gasteiger partial charge in [-0.1, -0.05) is 151 Å². The lowest BCUT2D eigenvalue weighted by Gasteiger charge is -2.40. The predicted molar refractivity (Wildman–Crippen MR) is 273 cm³/mol. The number of rotatable bonds is 6. The second-order valence-corrected chi connectivity index (χ2v) is 16.8. The van der Waals surface area contributed by atoms with Crippen LogP contribution in [-0.2, 0) is 0 Å². The smallest absolute Gasteiger partial charge is 0.0724 e. The number of hydrogen-bond acceptors (Lipinski definition) is 3. The molecule has 0 saturated heterocycles. The molecule has 0 radical (unpaired) electrons. The number of fused-ring (bicyclic) bond motifs is 8. The van der Waals surface area contributed by atoms with Crippen LogP contribution in [0, 0.1) is 0 Å². The summed E-state index contributed by atoms with van der Waals surface area (Å²) in [5.41, 5.74) is 9.95. The lowest BCUT2D eigenvalue weighted by Crippen LogP contribution is -2.24. The molecule has 0 aliphatic carbocycles. The summed E-state index contributed by atoms with van der Waals surface area (Å²) in [6.07, 6.45) is 0. The van der Waals surface area contributed by atoms with Crippen LogP contribution in [0.2, 0.25) is 0 Å². The van der Waals surface area contributed by atoms with E-state index in [0.29, 0.717) is 11.1 Å². The maximum atomic E-state index is 9.08. The lowest BCUT2D eigenvalue weighted by atomic mass is 9.87. The predicted octanol–water partition coefficient (Wildman–Crippen LogP) is 17.4. The van der Waals surface area contributed by atoms with Gasteiger partial charge >= 0.3 is 0 Å². The lowest BCUT2D eigenvalue weighted by molar-refractivity contribution is 1.14. The molecular formula is C60H39N3S. The van der Waals surface area contributed by atoms with E-state index in [1.54, 1.807) is 29.5 Å². The van der Waals surface area contributed by atoms with Gasteiger partial charge in [-0.2, -0.15) is 0 Å². The van der Waals surface area contributed by atoms with E-state index < -0.39 is 60.4 Å². The molecule has 1 aliphatic heterocycles. The van der Waals surface area contributed by atoms with Gasteiger partial charge < -0.3 is 14.4 Å². The molecule has 12 aromatic rings. The van der Waals surface area contributed by atoms with Crippen LogP contribution >= 0.6 is 11.3 Å². The Bertz CT molecular complexity index is 4210. The maximum absolute atomic E-state index is 9.08. The summed E-state index contributed by atoms with van der Waals surface area (Å²) in [6.45, 7) is 0. The summed E-state index contributed by atoms with van der Waals surface area (Å²) in [7, 11) is 0. The van der Waals surface area contributed by atoms with E-state index >= 15 is 0 Å². The highest BCUT2D eigenvalue weighted by atomic mass is 32.1. The Balaban J connectivity index is 1.05. The van der Waals surface area contributed by atoms with Crippen molar-refractivity contribution in [2.45, 2.75) is 0 Å². The molecule has 1 aliphatic rings. The zero-order chi connectivity index (χ0) is 50.8. The zero-order valence-electron chi connectivity index (χ0n) is 44.0. The van der Waals surface area contributed by atoms with Gasteiger partial charge in [-0.3, -0.25) is 0 Å². The molecule has 0 fully saturated rings. The van der Waals surface area contributed by atoms with Crippen molar-refractivity contribution in [3.63, 3.8) is 0 Å². The molecule has 0 bridgehead atoms. The Kier molecular flexibility index (Phi) is 6.38. The molecular weight excluding hydrogens is 795 g/mol. The van der Waals surface area contributed by atoms with Crippen LogP contribution in [0.4, 0.5) is 34.1 Å². The molecule has 10 aromatic carbocycles. The normalized spacial score (nSPS) is 14.5. The fraction of sp³-hybridized carbons (Fsp3) is 0. The summed E-state index contributed by atoms with van der Waals surface area (Å²) in [5.74, 6) is 0. The van der Waals surface area contributed by atoms with Crippen LogP contribution in [-0.4, -0.2) is 4.57 Å². The monoisotopic (exact) mass is 843 g/mol. The molecule has 0 unspecified atom stereocenters. The third kappa shape index (κ3) is 5.73. The molecule has 3 heterocycles. The summed E-state index contributed by atoms with van der Waals surface area (Å²) in [6, 6.07) is 54.7. The summed E-state index contributed by atoms with van der Waals surface area (Å²) in [5, 5.41) is 4.17. The van der Waals surface area contributed by atoms with Crippen LogP contribution < -0.4 is 9.80 Å². The van der Waals surface area contributed by atoms with Crippen molar-refractivity contribution in [3.05, 3.63) is 236 Å². The van der Waals surface area contributed by atoms with Crippen molar-refractivity contribution in [2.75, 3.05) is 9.80 Å². The first-order valence-electron chi connectivity index (χ1n) is 26.0. The number of benzene rings is 10. The van der Waals surface area contributed by atoms with E-state index in [4.69, 9.17) is 13.7 Å². The van der Waals surface area contributed by atoms with E-state index in [9.17, 15) is 0 Å². The number of thiophene rings is 1. The van der Waals surface area contributed by atoms with Gasteiger partial charge in [-0.15, -0.1) is 11.3 Å². The Labute approximate surface area is 389 Å². The second-order valence-electron chi connectivity index (χ2n) is 15.8. The summed E-state index contributed by atoms with van der Waals surface area (Å²) in [4.78, 5) is 4.66. The van der Waals surface area contributed by atoms with Crippen molar-refractivity contribution < 1.29 is 13.7 Å². The number of anilines is 6. The first-order valence-corrected chi connectivity index (χ1v) is 21.8. The quantitative estimate of drug-likeness (QED) is 0.165. The van der Waals surface area contributed by atoms with Crippen molar-refractivity contribution in [1.29, 1.82) is 0 Å². The van der Waals surface area contributed by atoms with E-state index in [2.05, 4.69) is 117 Å². The number of aromatic nitrogens is 1. The highest BCUT2D eigenvalue weighted by Gasteiger charge is 2.31. The van der Waals surface area contributed by atoms with Crippen LogP contribution in [0.25, 0.3) is 81.0 Å². The molecule has 300 valence electrons. The van der Waals surface area contributed by atoms with Gasteiger partial charge in [0.1, 0.15) is 0 Å². The first kappa shape index (κ1) is 27.7. The molecule has 2 aromatic heterocycles. The molecule has 0 atom stereocenters. The van der Waals surface area contributed by atoms with Gasteiger partial charge in [0.2, 0.25) is 0 Å². The summed E-state index contributed by atoms with van der Waals surface area (Å²) >= 11 is 1.79. The maximum Gasteiger partial charge on any atom is 0.0724 e. The Hall–Kier alpha value is -8.18. The minimum absolute atomic E-state index is 0.0704. The van der Waals surface area contributed by atoms with E-state index in [1.165, 1.54) is 20.2 Å². The average Bonchev–Trinajstić information content (AvgIpc) is 3.97. The standard InChI is InChI=1S/C60H39N3S/c1-4-17-40(18-5-1)46-25-16-26-47(41-19-6-2-7-20-41)60(46)42-31-34-53-50(37-42)48-23-10-12-27-52(48)62(53)45-32-35-56-57(39-45)61(43-21-8-3-9-22-43)54-28-13-14-29-55(54)63(56)44-33-36-59-51(38-44)49-24-11-15-30-58(49)64-59/h1-39H/i1D,2D,4D,5D,6D,7D,17D,18D,19D,20D. The van der Waals surface area contributed by atoms with Gasteiger partial charge in [0.05, 0.1) is 47.5 Å². The van der Waals surface area contributed by atoms with Crippen LogP contribution in [0.3, 0.4) is 0 Å². The molecule has 0 saturated carbocycles. The van der Waals surface area contributed by atoms with Gasteiger partial charge in [-0.05, 0) is 118 Å². The Morgan fingerprint density at radius 2 is 0.938 bits per heavy atom. The van der Waals surface area contributed by atoms with Crippen molar-refractivity contribution in [2.24, 2.45) is 0 Å². The highest BCUT2D eigenvalue weighted by Crippen LogP contribution is 2.55. The Morgan fingerprint density at radius 1 is 0.344 bits per heavy atom. The van der Waals surface area contributed by atoms with E-state index in [0.717, 1.165) is 61.6 Å². The van der Waals surface area contributed by atoms with Gasteiger partial charge in [0.25, 0.3) is 0 Å². The fourth-order valence-electron chi connectivity index (χ4n) is 9.56. The van der Waals surface area contributed by atoms with Crippen molar-refractivity contribution in [1.82, 2.24) is 4.57 Å². The number of nitrogens with zero attached hydrogens (tertiary/aromatic N) is 3. The van der Waals surface area contributed by atoms with Gasteiger partial charge in [-0.25, -0.2) is 0 Å². The van der Waals surface area contributed by atoms with Crippen LogP contribution in [0.1, 0.15) is 13.7 Å². The molecule has 0 N–H and O–H groups in total. The molecule has 3 nitrogen and oxygen atoms in total. The molecule has 0 amide bonds. The molecule has 4 heteroatoms. The third-order valence-electron chi connectivity index (χ3n) is 12.3. The topological polar surface area (TPSA) is 11.4 Å². The van der Waals surface area contributed by atoms with E-state index in [-0.39, 0.29) is 22.3 Å². The first-order chi connectivity index (χ1) is 35.9. The van der Waals surface area contributed by atoms with Gasteiger partial charge in [0.15, 0.2) is 0 Å². The van der Waals surface area contributed by atoms with Crippen molar-refractivity contribution >= 4 is 87.4 Å². The molecule has 0 spiro atoms. The van der Waals surface area contributed by atoms with Crippen LogP contribution in [0.15, 0.2) is 236 Å². The SMILES string of the molecule is [2H]c1c([2H])c([2H])c(-c2cccc(-c3c([2H])c([2H])c([2H])c([2H])c3[2H])c2-c2ccc3c(c2)c2ccccc2n3-c2ccc3c(c2)N(c2ccccc2)c2ccccc2N3c2ccc3sc4ccccc4c3c2)c([2H])c1[2H]. The molecule has 13 rings (SSSR count). The largest absolute Gasteiger partial charge is 0.309 e. The fourth-order valence-corrected chi connectivity index (χ4v) is 10.6. The average molecular weight is 844 g/mol. The second kappa shape index (κ2) is 14.7. The van der Waals surface area contributed by atoms with Crippen LogP contribution in [0.5, 0.6) is 0 Å². The minimum Gasteiger partial charge on any atom is -0.309 e. The highest BCUT2D eigenvalue weighted by molar-refractivity contribution is 7.25. The molecule has 64 heavy (non-hydrogen) atoms. The van der Waals surface area contributed by atoms with E-state index in [1.807, 2.05) is 54.6 Å². The third-order valence-corrected chi connectivity index (χ3v) is 13.4. The van der Waals surface area contributed by atoms with Crippen molar-refractivity contribution in [3.8, 4) is 39.1 Å².